The predicted molar refractivity (Wildman–Crippen MR) is 177 cm³/mol. The van der Waals surface area contributed by atoms with Crippen LogP contribution >= 0.6 is 15.9 Å². The predicted octanol–water partition coefficient (Wildman–Crippen LogP) is 9.49. The molecule has 0 N–H and O–H groups in total. The normalized spacial score (nSPS) is 17.6. The van der Waals surface area contributed by atoms with Gasteiger partial charge in [-0.25, -0.2) is 4.98 Å². The van der Waals surface area contributed by atoms with Crippen LogP contribution in [0.4, 0.5) is 0 Å². The zero-order valence-electron chi connectivity index (χ0n) is 25.3. The van der Waals surface area contributed by atoms with Crippen molar-refractivity contribution in [2.24, 2.45) is 5.92 Å². The summed E-state index contributed by atoms with van der Waals surface area (Å²) in [4.78, 5) is 21.6. The van der Waals surface area contributed by atoms with Gasteiger partial charge in [0.25, 0.3) is 0 Å². The van der Waals surface area contributed by atoms with Gasteiger partial charge in [-0.05, 0) is 68.8 Å². The molecule has 0 saturated heterocycles. The molecule has 41 heavy (non-hydrogen) atoms. The second-order valence-corrected chi connectivity index (χ2v) is 19.4. The van der Waals surface area contributed by atoms with Gasteiger partial charge in [-0.2, -0.15) is 0 Å². The number of pyridine rings is 1. The molecule has 4 nitrogen and oxygen atoms in total. The number of benzene rings is 2. The highest BCUT2D eigenvalue weighted by Gasteiger charge is 2.46. The lowest BCUT2D eigenvalue weighted by atomic mass is 9.74. The molecule has 0 atom stereocenters. The van der Waals surface area contributed by atoms with E-state index in [-0.39, 0.29) is 11.7 Å². The van der Waals surface area contributed by atoms with Crippen LogP contribution in [0, 0.1) is 5.92 Å². The molecule has 216 valence electrons. The van der Waals surface area contributed by atoms with Crippen LogP contribution in [0.25, 0.3) is 11.0 Å². The van der Waals surface area contributed by atoms with Crippen molar-refractivity contribution in [2.75, 3.05) is 0 Å². The molecule has 4 aromatic rings. The van der Waals surface area contributed by atoms with Crippen LogP contribution in [-0.2, 0) is 13.1 Å². The summed E-state index contributed by atoms with van der Waals surface area (Å²) in [5.41, 5.74) is 6.07. The van der Waals surface area contributed by atoms with E-state index in [1.807, 2.05) is 6.20 Å². The lowest BCUT2D eigenvalue weighted by molar-refractivity contribution is 0.0508. The number of fused-ring (bicyclic) bond motifs is 1. The van der Waals surface area contributed by atoms with Crippen molar-refractivity contribution >= 4 is 41.0 Å². The van der Waals surface area contributed by atoms with E-state index in [0.29, 0.717) is 22.7 Å². The Morgan fingerprint density at radius 2 is 1.39 bits per heavy atom. The number of hydrogen-bond acceptors (Lipinski definition) is 3. The first-order valence-corrected chi connectivity index (χ1v) is 18.1. The third kappa shape index (κ3) is 5.63. The van der Waals surface area contributed by atoms with Crippen molar-refractivity contribution < 1.29 is 4.79 Å². The molecule has 6 heteroatoms. The highest BCUT2D eigenvalue weighted by Crippen LogP contribution is 2.45. The van der Waals surface area contributed by atoms with Crippen LogP contribution in [0.2, 0.25) is 16.6 Å². The highest BCUT2D eigenvalue weighted by atomic mass is 79.9. The average molecular weight is 631 g/mol. The van der Waals surface area contributed by atoms with Gasteiger partial charge >= 0.3 is 0 Å². The van der Waals surface area contributed by atoms with Crippen LogP contribution < -0.4 is 0 Å². The van der Waals surface area contributed by atoms with Crippen molar-refractivity contribution in [3.8, 4) is 0 Å². The van der Waals surface area contributed by atoms with Crippen molar-refractivity contribution in [3.05, 3.63) is 100 Å². The molecule has 5 rings (SSSR count). The van der Waals surface area contributed by atoms with Crippen molar-refractivity contribution in [1.82, 2.24) is 14.1 Å². The molecule has 0 bridgehead atoms. The fourth-order valence-electron chi connectivity index (χ4n) is 7.71. The van der Waals surface area contributed by atoms with Gasteiger partial charge < -0.3 is 4.23 Å². The summed E-state index contributed by atoms with van der Waals surface area (Å²) in [6.07, 6.45) is 5.87. The molecule has 0 radical (unpaired) electrons. The minimum absolute atomic E-state index is 0.0293. The molecule has 0 spiro atoms. The van der Waals surface area contributed by atoms with Gasteiger partial charge in [-0.15, -0.1) is 0 Å². The third-order valence-corrected chi connectivity index (χ3v) is 16.9. The maximum Gasteiger partial charge on any atom is 0.171 e. The number of Topliss-reactive ketones (excluding diaryl/α,β-unsaturated/α-hetero) is 1. The maximum atomic E-state index is 14.1. The first kappa shape index (κ1) is 29.9. The number of aromatic nitrogens is 2. The largest absolute Gasteiger partial charge is 0.359 e. The topological polar surface area (TPSA) is 38.1 Å². The molecule has 1 aliphatic carbocycles. The van der Waals surface area contributed by atoms with Crippen molar-refractivity contribution in [1.29, 1.82) is 0 Å². The van der Waals surface area contributed by atoms with Gasteiger partial charge in [0.1, 0.15) is 5.65 Å². The number of carbonyl (C=O) groups is 1. The molecule has 0 amide bonds. The Bertz CT molecular complexity index is 1410. The van der Waals surface area contributed by atoms with E-state index in [9.17, 15) is 4.79 Å². The van der Waals surface area contributed by atoms with Crippen LogP contribution in [0.15, 0.2) is 83.6 Å². The Hall–Kier alpha value is -2.54. The summed E-state index contributed by atoms with van der Waals surface area (Å²) in [5, 5.41) is 0.997. The van der Waals surface area contributed by atoms with E-state index >= 15 is 0 Å². The fraction of sp³-hybridized carbons (Fsp3) is 0.429. The lowest BCUT2D eigenvalue weighted by Crippen LogP contribution is -2.51. The minimum atomic E-state index is -1.99. The minimum Gasteiger partial charge on any atom is -0.359 e. The van der Waals surface area contributed by atoms with Crippen LogP contribution in [-0.4, -0.2) is 34.2 Å². The Kier molecular flexibility index (Phi) is 9.03. The number of carbonyl (C=O) groups excluding carboxylic acids is 1. The Morgan fingerprint density at radius 1 is 0.878 bits per heavy atom. The molecule has 1 fully saturated rings. The Balaban J connectivity index is 1.42. The van der Waals surface area contributed by atoms with E-state index in [2.05, 4.69) is 140 Å². The molecular formula is C35H44BrN3OSi. The summed E-state index contributed by atoms with van der Waals surface area (Å²) in [6, 6.07) is 23.9. The maximum absolute atomic E-state index is 14.1. The SMILES string of the molecule is CC(C)[Si](C(C)C)(C(C)C)n1ccc2c(C(=O)C3CC(N(Cc4ccccc4)Cc4ccccc4)C3)c(Br)cnc21. The van der Waals surface area contributed by atoms with E-state index in [1.165, 1.54) is 11.1 Å². The molecule has 2 heterocycles. The van der Waals surface area contributed by atoms with Gasteiger partial charge in [0, 0.05) is 46.7 Å². The van der Waals surface area contributed by atoms with Crippen LogP contribution in [0.1, 0.15) is 75.9 Å². The summed E-state index contributed by atoms with van der Waals surface area (Å²) in [5.74, 6) is 0.283. The van der Waals surface area contributed by atoms with Gasteiger partial charge in [-0.3, -0.25) is 9.69 Å². The molecule has 1 aliphatic rings. The van der Waals surface area contributed by atoms with E-state index < -0.39 is 8.24 Å². The Morgan fingerprint density at radius 3 is 1.88 bits per heavy atom. The fourth-order valence-corrected chi connectivity index (χ4v) is 14.8. The summed E-state index contributed by atoms with van der Waals surface area (Å²) in [7, 11) is -1.99. The monoisotopic (exact) mass is 629 g/mol. The molecule has 0 unspecified atom stereocenters. The van der Waals surface area contributed by atoms with Gasteiger partial charge in [-0.1, -0.05) is 102 Å². The summed E-state index contributed by atoms with van der Waals surface area (Å²) in [6.45, 7) is 16.0. The highest BCUT2D eigenvalue weighted by molar-refractivity contribution is 9.10. The first-order chi connectivity index (χ1) is 19.6. The molecule has 2 aromatic carbocycles. The van der Waals surface area contributed by atoms with Crippen LogP contribution in [0.3, 0.4) is 0 Å². The summed E-state index contributed by atoms with van der Waals surface area (Å²) >= 11 is 3.73. The second kappa shape index (κ2) is 12.4. The standard InChI is InChI=1S/C35H44BrN3OSi/c1-24(2)41(25(3)4,26(5)6)39-18-17-31-33(32(36)21-37-35(31)39)34(40)29-19-30(20-29)38(22-27-13-9-7-10-14-27)23-28-15-11-8-12-16-28/h7-18,21,24-26,29-30H,19-20,22-23H2,1-6H3. The zero-order valence-corrected chi connectivity index (χ0v) is 27.9. The van der Waals surface area contributed by atoms with E-state index in [4.69, 9.17) is 4.98 Å². The third-order valence-electron chi connectivity index (χ3n) is 9.56. The van der Waals surface area contributed by atoms with Gasteiger partial charge in [0.2, 0.25) is 0 Å². The molecule has 0 aliphatic heterocycles. The zero-order chi connectivity index (χ0) is 29.3. The van der Waals surface area contributed by atoms with Gasteiger partial charge in [0.05, 0.1) is 0 Å². The number of rotatable bonds is 11. The quantitative estimate of drug-likeness (QED) is 0.122. The van der Waals surface area contributed by atoms with E-state index in [0.717, 1.165) is 47.0 Å². The van der Waals surface area contributed by atoms with Gasteiger partial charge in [0.15, 0.2) is 14.0 Å². The lowest BCUT2D eigenvalue weighted by Gasteiger charge is -2.44. The number of nitrogens with zero attached hydrogens (tertiary/aromatic N) is 3. The second-order valence-electron chi connectivity index (χ2n) is 12.8. The average Bonchev–Trinajstić information content (AvgIpc) is 3.32. The first-order valence-electron chi connectivity index (χ1n) is 15.2. The molecular weight excluding hydrogens is 586 g/mol. The number of hydrogen-bond donors (Lipinski definition) is 0. The number of halogens is 1. The smallest absolute Gasteiger partial charge is 0.171 e. The van der Waals surface area contributed by atoms with Crippen molar-refractivity contribution in [3.63, 3.8) is 0 Å². The Labute approximate surface area is 255 Å². The molecule has 2 aromatic heterocycles. The van der Waals surface area contributed by atoms with E-state index in [1.54, 1.807) is 0 Å². The van der Waals surface area contributed by atoms with Crippen molar-refractivity contribution in [2.45, 2.75) is 90.1 Å². The number of ketones is 1. The summed E-state index contributed by atoms with van der Waals surface area (Å²) < 4.78 is 3.32. The van der Waals surface area contributed by atoms with Crippen LogP contribution in [0.5, 0.6) is 0 Å². The molecule has 1 saturated carbocycles.